The van der Waals surface area contributed by atoms with Crippen molar-refractivity contribution in [3.8, 4) is 5.75 Å². The molecule has 0 bridgehead atoms. The fraction of sp³-hybridized carbons (Fsp3) is 0.414. The molecule has 5 rings (SSSR count). The van der Waals surface area contributed by atoms with E-state index in [-0.39, 0.29) is 24.6 Å². The van der Waals surface area contributed by atoms with Crippen LogP contribution in [-0.2, 0) is 9.47 Å². The maximum atomic E-state index is 11.2. The number of ether oxygens (including phenoxy) is 3. The van der Waals surface area contributed by atoms with E-state index in [9.17, 15) is 10.2 Å². The zero-order valence-electron chi connectivity index (χ0n) is 21.1. The number of piperidine rings is 1. The van der Waals surface area contributed by atoms with Gasteiger partial charge < -0.3 is 29.7 Å². The Hall–Kier alpha value is -3.17. The van der Waals surface area contributed by atoms with Gasteiger partial charge in [0.2, 0.25) is 0 Å². The zero-order chi connectivity index (χ0) is 25.6. The second-order valence-corrected chi connectivity index (χ2v) is 9.76. The topological polar surface area (TPSA) is 96.3 Å². The van der Waals surface area contributed by atoms with E-state index in [0.29, 0.717) is 18.8 Å². The highest BCUT2D eigenvalue weighted by molar-refractivity contribution is 5.83. The average molecular weight is 506 g/mol. The second kappa shape index (κ2) is 11.9. The van der Waals surface area contributed by atoms with Gasteiger partial charge in [-0.1, -0.05) is 30.4 Å². The Morgan fingerprint density at radius 1 is 1.30 bits per heavy atom. The fourth-order valence-electron chi connectivity index (χ4n) is 5.43. The number of nitrogens with one attached hydrogen (secondary N) is 1. The lowest BCUT2D eigenvalue weighted by Crippen LogP contribution is -2.54. The maximum absolute atomic E-state index is 11.2. The largest absolute Gasteiger partial charge is 0.495 e. The van der Waals surface area contributed by atoms with E-state index in [0.717, 1.165) is 48.0 Å². The Balaban J connectivity index is 1.27. The van der Waals surface area contributed by atoms with Gasteiger partial charge in [0, 0.05) is 37.0 Å². The van der Waals surface area contributed by atoms with E-state index in [1.165, 1.54) is 11.8 Å². The molecule has 4 atom stereocenters. The van der Waals surface area contributed by atoms with Gasteiger partial charge in [-0.3, -0.25) is 9.88 Å². The Labute approximate surface area is 217 Å². The molecule has 8 nitrogen and oxygen atoms in total. The highest BCUT2D eigenvalue weighted by Gasteiger charge is 2.34. The number of aliphatic hydroxyl groups excluding tert-OH is 2. The predicted octanol–water partition coefficient (Wildman–Crippen LogP) is 3.55. The third-order valence-corrected chi connectivity index (χ3v) is 7.42. The van der Waals surface area contributed by atoms with Crippen LogP contribution in [0.1, 0.15) is 30.9 Å². The standard InChI is InChI=1S/C29H35N3O5/c1-35-22-14-24-23(8-5-9-26(24)30-15-22)27(34)17-32-11-10-25(21(16-32)18-33)31-29(20-6-3-2-4-7-20)28-19-36-12-13-37-28/h2-3,5-6,8-9,12-15,19,21,25,27,29,31,33-34H,4,7,10-11,16-18H2,1H3. The minimum absolute atomic E-state index is 0.0121. The highest BCUT2D eigenvalue weighted by atomic mass is 16.5. The van der Waals surface area contributed by atoms with Crippen LogP contribution in [0.4, 0.5) is 0 Å². The van der Waals surface area contributed by atoms with Gasteiger partial charge in [-0.05, 0) is 49.1 Å². The number of pyridine rings is 1. The van der Waals surface area contributed by atoms with Crippen molar-refractivity contribution in [1.29, 1.82) is 0 Å². The molecule has 8 heteroatoms. The third kappa shape index (κ3) is 5.88. The summed E-state index contributed by atoms with van der Waals surface area (Å²) in [6.45, 7) is 2.02. The third-order valence-electron chi connectivity index (χ3n) is 7.42. The summed E-state index contributed by atoms with van der Waals surface area (Å²) in [5, 5.41) is 26.1. The number of fused-ring (bicyclic) bond motifs is 1. The van der Waals surface area contributed by atoms with Crippen LogP contribution in [0.15, 0.2) is 78.8 Å². The molecule has 0 saturated carbocycles. The summed E-state index contributed by atoms with van der Waals surface area (Å²) in [5.74, 6) is 1.40. The van der Waals surface area contributed by atoms with Gasteiger partial charge in [-0.25, -0.2) is 0 Å². The minimum atomic E-state index is -0.682. The van der Waals surface area contributed by atoms with Gasteiger partial charge in [0.05, 0.1) is 31.0 Å². The number of aromatic nitrogens is 1. The lowest BCUT2D eigenvalue weighted by molar-refractivity contribution is 0.0488. The zero-order valence-corrected chi connectivity index (χ0v) is 21.1. The SMILES string of the molecule is COc1cnc2cccc(C(O)CN3CCC(NC(C4=CC=CCC4)C4=COC=CO4)C(CO)C3)c2c1. The fourth-order valence-corrected chi connectivity index (χ4v) is 5.43. The van der Waals surface area contributed by atoms with Crippen molar-refractivity contribution in [2.24, 2.45) is 5.92 Å². The summed E-state index contributed by atoms with van der Waals surface area (Å²) in [6.07, 6.45) is 14.9. The maximum Gasteiger partial charge on any atom is 0.159 e. The molecule has 3 N–H and O–H groups in total. The Morgan fingerprint density at radius 3 is 2.97 bits per heavy atom. The van der Waals surface area contributed by atoms with Crippen molar-refractivity contribution < 1.29 is 24.4 Å². The molecule has 1 aromatic heterocycles. The second-order valence-electron chi connectivity index (χ2n) is 9.76. The molecule has 4 unspecified atom stereocenters. The van der Waals surface area contributed by atoms with Crippen molar-refractivity contribution in [1.82, 2.24) is 15.2 Å². The number of nitrogens with zero attached hydrogens (tertiary/aromatic N) is 2. The van der Waals surface area contributed by atoms with Gasteiger partial charge in [0.15, 0.2) is 5.76 Å². The Bertz CT molecular complexity index is 1210. The van der Waals surface area contributed by atoms with Crippen LogP contribution in [0.5, 0.6) is 5.75 Å². The molecule has 1 saturated heterocycles. The van der Waals surface area contributed by atoms with Crippen molar-refractivity contribution in [3.05, 3.63) is 84.4 Å². The molecule has 3 aliphatic rings. The first-order chi connectivity index (χ1) is 18.2. The molecule has 1 aliphatic carbocycles. The molecule has 1 aromatic carbocycles. The summed E-state index contributed by atoms with van der Waals surface area (Å²) >= 11 is 0. The molecule has 1 fully saturated rings. The Morgan fingerprint density at radius 2 is 2.22 bits per heavy atom. The van der Waals surface area contributed by atoms with Crippen molar-refractivity contribution >= 4 is 10.9 Å². The van der Waals surface area contributed by atoms with E-state index < -0.39 is 6.10 Å². The minimum Gasteiger partial charge on any atom is -0.495 e. The monoisotopic (exact) mass is 505 g/mol. The molecule has 0 amide bonds. The van der Waals surface area contributed by atoms with Crippen LogP contribution in [0.3, 0.4) is 0 Å². The smallest absolute Gasteiger partial charge is 0.159 e. The number of hydrogen-bond donors (Lipinski definition) is 3. The number of hydrogen-bond acceptors (Lipinski definition) is 8. The molecular formula is C29H35N3O5. The molecule has 2 aliphatic heterocycles. The number of aliphatic hydroxyl groups is 2. The van der Waals surface area contributed by atoms with E-state index >= 15 is 0 Å². The number of β-amino-alcohol motifs (C(OH)–C–C–N with tert-alkyl or cyclic N) is 1. The van der Waals surface area contributed by atoms with Crippen LogP contribution >= 0.6 is 0 Å². The molecule has 37 heavy (non-hydrogen) atoms. The summed E-state index contributed by atoms with van der Waals surface area (Å²) in [5.41, 5.74) is 2.89. The first-order valence-corrected chi connectivity index (χ1v) is 12.9. The average Bonchev–Trinajstić information content (AvgIpc) is 2.96. The molecule has 196 valence electrons. The first-order valence-electron chi connectivity index (χ1n) is 12.9. The summed E-state index contributed by atoms with van der Waals surface area (Å²) in [6, 6.07) is 7.69. The lowest BCUT2D eigenvalue weighted by atomic mass is 9.89. The number of likely N-dealkylation sites (tertiary alicyclic amines) is 1. The van der Waals surface area contributed by atoms with Crippen molar-refractivity contribution in [3.63, 3.8) is 0 Å². The van der Waals surface area contributed by atoms with Crippen LogP contribution in [0, 0.1) is 5.92 Å². The highest BCUT2D eigenvalue weighted by Crippen LogP contribution is 2.30. The normalized spacial score (nSPS) is 23.5. The van der Waals surface area contributed by atoms with E-state index in [1.54, 1.807) is 25.8 Å². The van der Waals surface area contributed by atoms with Gasteiger partial charge in [0.1, 0.15) is 24.5 Å². The summed E-state index contributed by atoms with van der Waals surface area (Å²) in [4.78, 5) is 6.69. The van der Waals surface area contributed by atoms with Gasteiger partial charge in [-0.15, -0.1) is 0 Å². The summed E-state index contributed by atoms with van der Waals surface area (Å²) in [7, 11) is 1.61. The number of rotatable bonds is 9. The van der Waals surface area contributed by atoms with E-state index in [4.69, 9.17) is 14.2 Å². The van der Waals surface area contributed by atoms with Gasteiger partial charge in [-0.2, -0.15) is 0 Å². The van der Waals surface area contributed by atoms with Crippen LogP contribution in [-0.4, -0.2) is 65.5 Å². The number of benzene rings is 1. The number of allylic oxidation sites excluding steroid dienone is 3. The van der Waals surface area contributed by atoms with E-state index in [2.05, 4.69) is 33.4 Å². The lowest BCUT2D eigenvalue weighted by Gasteiger charge is -2.41. The molecule has 0 radical (unpaired) electrons. The molecule has 3 heterocycles. The number of methoxy groups -OCH3 is 1. The van der Waals surface area contributed by atoms with Gasteiger partial charge in [0.25, 0.3) is 0 Å². The van der Waals surface area contributed by atoms with E-state index in [1.807, 2.05) is 24.3 Å². The Kier molecular flexibility index (Phi) is 8.21. The van der Waals surface area contributed by atoms with Crippen LogP contribution < -0.4 is 10.1 Å². The quantitative estimate of drug-likeness (QED) is 0.476. The molecular weight excluding hydrogens is 470 g/mol. The summed E-state index contributed by atoms with van der Waals surface area (Å²) < 4.78 is 16.5. The first kappa shape index (κ1) is 25.5. The predicted molar refractivity (Wildman–Crippen MR) is 141 cm³/mol. The van der Waals surface area contributed by atoms with Gasteiger partial charge >= 0.3 is 0 Å². The van der Waals surface area contributed by atoms with Crippen LogP contribution in [0.25, 0.3) is 10.9 Å². The van der Waals surface area contributed by atoms with Crippen molar-refractivity contribution in [2.75, 3.05) is 33.4 Å². The molecule has 0 spiro atoms. The molecule has 2 aromatic rings. The van der Waals surface area contributed by atoms with Crippen LogP contribution in [0.2, 0.25) is 0 Å². The van der Waals surface area contributed by atoms with Crippen molar-refractivity contribution in [2.45, 2.75) is 37.5 Å².